The minimum Gasteiger partial charge on any atom is -0.316 e. The Balaban J connectivity index is 1.91. The molecule has 1 heteroatoms. The summed E-state index contributed by atoms with van der Waals surface area (Å²) >= 11 is 0. The molecule has 2 fully saturated rings. The lowest BCUT2D eigenvalue weighted by Crippen LogP contribution is -2.24. The smallest absolute Gasteiger partial charge is 0.00204 e. The maximum atomic E-state index is 3.51. The summed E-state index contributed by atoms with van der Waals surface area (Å²) in [5.41, 5.74) is 0. The molecule has 2 unspecified atom stereocenters. The van der Waals surface area contributed by atoms with Crippen molar-refractivity contribution < 1.29 is 0 Å². The standard InChI is InChI=1S/C9H17N/c1-2-8-3-4-9(6-8)7-10-5-1/h8-10H,1-7H2. The van der Waals surface area contributed by atoms with Crippen molar-refractivity contribution in [1.29, 1.82) is 0 Å². The average molecular weight is 139 g/mol. The SMILES string of the molecule is C1CNCC2CCC(C1)C2. The third-order valence-corrected chi connectivity index (χ3v) is 3.05. The van der Waals surface area contributed by atoms with E-state index in [2.05, 4.69) is 5.32 Å². The molecule has 1 N–H and O–H groups in total. The first-order valence-electron chi connectivity index (χ1n) is 4.66. The van der Waals surface area contributed by atoms with Crippen molar-refractivity contribution in [3.05, 3.63) is 0 Å². The number of nitrogens with one attached hydrogen (secondary N) is 1. The van der Waals surface area contributed by atoms with Crippen LogP contribution in [0.3, 0.4) is 0 Å². The van der Waals surface area contributed by atoms with E-state index in [4.69, 9.17) is 0 Å². The molecule has 0 aromatic rings. The third-order valence-electron chi connectivity index (χ3n) is 3.05. The van der Waals surface area contributed by atoms with E-state index in [0.29, 0.717) is 0 Å². The van der Waals surface area contributed by atoms with Crippen molar-refractivity contribution in [3.63, 3.8) is 0 Å². The second-order valence-corrected chi connectivity index (χ2v) is 3.89. The lowest BCUT2D eigenvalue weighted by atomic mass is 9.98. The zero-order valence-corrected chi connectivity index (χ0v) is 6.60. The first-order chi connectivity index (χ1) is 4.95. The van der Waals surface area contributed by atoms with Crippen molar-refractivity contribution in [3.8, 4) is 0 Å². The zero-order valence-electron chi connectivity index (χ0n) is 6.60. The van der Waals surface area contributed by atoms with Crippen LogP contribution in [-0.2, 0) is 0 Å². The molecule has 2 aliphatic rings. The van der Waals surface area contributed by atoms with E-state index < -0.39 is 0 Å². The predicted molar refractivity (Wildman–Crippen MR) is 42.9 cm³/mol. The van der Waals surface area contributed by atoms with Gasteiger partial charge in [0.15, 0.2) is 0 Å². The van der Waals surface area contributed by atoms with Gasteiger partial charge in [-0.15, -0.1) is 0 Å². The molecular weight excluding hydrogens is 122 g/mol. The van der Waals surface area contributed by atoms with Crippen molar-refractivity contribution in [2.24, 2.45) is 11.8 Å². The van der Waals surface area contributed by atoms with Crippen molar-refractivity contribution in [1.82, 2.24) is 5.32 Å². The van der Waals surface area contributed by atoms with Crippen LogP contribution in [0.25, 0.3) is 0 Å². The Kier molecular flexibility index (Phi) is 1.94. The van der Waals surface area contributed by atoms with E-state index in [-0.39, 0.29) is 0 Å². The Labute approximate surface area is 63.2 Å². The fraction of sp³-hybridized carbons (Fsp3) is 1.00. The van der Waals surface area contributed by atoms with Crippen LogP contribution in [0.4, 0.5) is 0 Å². The van der Waals surface area contributed by atoms with Crippen molar-refractivity contribution in [2.45, 2.75) is 32.1 Å². The van der Waals surface area contributed by atoms with Crippen LogP contribution < -0.4 is 5.32 Å². The predicted octanol–water partition coefficient (Wildman–Crippen LogP) is 1.79. The lowest BCUT2D eigenvalue weighted by Gasteiger charge is -2.16. The molecule has 2 bridgehead atoms. The van der Waals surface area contributed by atoms with Crippen molar-refractivity contribution in [2.75, 3.05) is 13.1 Å². The summed E-state index contributed by atoms with van der Waals surface area (Å²) < 4.78 is 0. The Morgan fingerprint density at radius 3 is 2.90 bits per heavy atom. The molecule has 0 aromatic carbocycles. The van der Waals surface area contributed by atoms with Gasteiger partial charge in [0.25, 0.3) is 0 Å². The highest BCUT2D eigenvalue weighted by Gasteiger charge is 2.24. The minimum atomic E-state index is 1.03. The van der Waals surface area contributed by atoms with E-state index in [1.807, 2.05) is 0 Å². The summed E-state index contributed by atoms with van der Waals surface area (Å²) in [5.74, 6) is 2.14. The Morgan fingerprint density at radius 2 is 1.90 bits per heavy atom. The van der Waals surface area contributed by atoms with Crippen molar-refractivity contribution >= 4 is 0 Å². The molecular formula is C9H17N. The van der Waals surface area contributed by atoms with Crippen LogP contribution in [0.2, 0.25) is 0 Å². The molecule has 1 heterocycles. The van der Waals surface area contributed by atoms with E-state index in [0.717, 1.165) is 11.8 Å². The number of rotatable bonds is 0. The second-order valence-electron chi connectivity index (χ2n) is 3.89. The van der Waals surface area contributed by atoms with Crippen LogP contribution in [-0.4, -0.2) is 13.1 Å². The molecule has 1 aliphatic carbocycles. The molecule has 0 radical (unpaired) electrons. The number of hydrogen-bond donors (Lipinski definition) is 1. The van der Waals surface area contributed by atoms with E-state index in [9.17, 15) is 0 Å². The third kappa shape index (κ3) is 1.34. The van der Waals surface area contributed by atoms with Crippen LogP contribution in [0.1, 0.15) is 32.1 Å². The van der Waals surface area contributed by atoms with Gasteiger partial charge in [0.1, 0.15) is 0 Å². The summed E-state index contributed by atoms with van der Waals surface area (Å²) in [6.45, 7) is 2.57. The maximum absolute atomic E-state index is 3.51. The highest BCUT2D eigenvalue weighted by Crippen LogP contribution is 2.34. The van der Waals surface area contributed by atoms with Gasteiger partial charge in [-0.3, -0.25) is 0 Å². The van der Waals surface area contributed by atoms with Crippen LogP contribution in [0.5, 0.6) is 0 Å². The summed E-state index contributed by atoms with van der Waals surface area (Å²) in [4.78, 5) is 0. The summed E-state index contributed by atoms with van der Waals surface area (Å²) in [6.07, 6.45) is 7.44. The molecule has 2 atom stereocenters. The summed E-state index contributed by atoms with van der Waals surface area (Å²) in [5, 5.41) is 3.51. The molecule has 1 saturated heterocycles. The molecule has 2 rings (SSSR count). The molecule has 0 spiro atoms. The van der Waals surface area contributed by atoms with Gasteiger partial charge < -0.3 is 5.32 Å². The fourth-order valence-corrected chi connectivity index (χ4v) is 2.45. The highest BCUT2D eigenvalue weighted by atomic mass is 14.9. The zero-order chi connectivity index (χ0) is 6.81. The molecule has 1 aliphatic heterocycles. The minimum absolute atomic E-state index is 1.03. The Hall–Kier alpha value is -0.0400. The highest BCUT2D eigenvalue weighted by molar-refractivity contribution is 4.79. The molecule has 1 saturated carbocycles. The van der Waals surface area contributed by atoms with Gasteiger partial charge in [0, 0.05) is 0 Å². The number of hydrogen-bond acceptors (Lipinski definition) is 1. The molecule has 10 heavy (non-hydrogen) atoms. The molecule has 0 amide bonds. The van der Waals surface area contributed by atoms with Gasteiger partial charge in [-0.2, -0.15) is 0 Å². The largest absolute Gasteiger partial charge is 0.316 e. The molecule has 58 valence electrons. The Morgan fingerprint density at radius 1 is 1.00 bits per heavy atom. The van der Waals surface area contributed by atoms with E-state index in [1.54, 1.807) is 0 Å². The average Bonchev–Trinajstić information content (AvgIpc) is 2.30. The number of fused-ring (bicyclic) bond motifs is 2. The first kappa shape index (κ1) is 6.66. The van der Waals surface area contributed by atoms with Gasteiger partial charge in [-0.25, -0.2) is 0 Å². The summed E-state index contributed by atoms with van der Waals surface area (Å²) in [7, 11) is 0. The second kappa shape index (κ2) is 2.91. The monoisotopic (exact) mass is 139 g/mol. The normalized spacial score (nSPS) is 40.8. The molecule has 0 aromatic heterocycles. The van der Waals surface area contributed by atoms with Gasteiger partial charge in [0.2, 0.25) is 0 Å². The van der Waals surface area contributed by atoms with Crippen LogP contribution in [0, 0.1) is 11.8 Å². The van der Waals surface area contributed by atoms with E-state index in [1.165, 1.54) is 45.2 Å². The lowest BCUT2D eigenvalue weighted by molar-refractivity contribution is 0.397. The topological polar surface area (TPSA) is 12.0 Å². The quantitative estimate of drug-likeness (QED) is 0.539. The fourth-order valence-electron chi connectivity index (χ4n) is 2.45. The van der Waals surface area contributed by atoms with Gasteiger partial charge in [-0.1, -0.05) is 6.42 Å². The van der Waals surface area contributed by atoms with Gasteiger partial charge in [0.05, 0.1) is 0 Å². The Bertz CT molecular complexity index is 99.3. The maximum Gasteiger partial charge on any atom is -0.00204 e. The van der Waals surface area contributed by atoms with E-state index >= 15 is 0 Å². The first-order valence-corrected chi connectivity index (χ1v) is 4.66. The summed E-state index contributed by atoms with van der Waals surface area (Å²) in [6, 6.07) is 0. The molecule has 1 nitrogen and oxygen atoms in total. The van der Waals surface area contributed by atoms with Gasteiger partial charge >= 0.3 is 0 Å². The van der Waals surface area contributed by atoms with Gasteiger partial charge in [-0.05, 0) is 50.6 Å². The van der Waals surface area contributed by atoms with Crippen LogP contribution >= 0.6 is 0 Å². The van der Waals surface area contributed by atoms with Crippen LogP contribution in [0.15, 0.2) is 0 Å².